The van der Waals surface area contributed by atoms with Crippen molar-refractivity contribution in [3.8, 4) is 0 Å². The van der Waals surface area contributed by atoms with Gasteiger partial charge < -0.3 is 9.52 Å². The van der Waals surface area contributed by atoms with Gasteiger partial charge in [-0.25, -0.2) is 17.9 Å². The molecule has 0 atom stereocenters. The fourth-order valence-electron chi connectivity index (χ4n) is 1.13. The second-order valence-electron chi connectivity index (χ2n) is 4.00. The Morgan fingerprint density at radius 2 is 2.12 bits per heavy atom. The number of nitrogens with one attached hydrogen (secondary N) is 1. The van der Waals surface area contributed by atoms with Gasteiger partial charge in [0, 0.05) is 6.54 Å². The van der Waals surface area contributed by atoms with Gasteiger partial charge in [-0.05, 0) is 24.5 Å². The predicted molar refractivity (Wildman–Crippen MR) is 60.3 cm³/mol. The lowest BCUT2D eigenvalue weighted by Gasteiger charge is -2.05. The number of carboxylic acids is 1. The maximum atomic E-state index is 11.7. The van der Waals surface area contributed by atoms with Crippen LogP contribution in [0.5, 0.6) is 0 Å². The third-order valence-corrected chi connectivity index (χ3v) is 3.40. The highest BCUT2D eigenvalue weighted by molar-refractivity contribution is 7.89. The zero-order valence-corrected chi connectivity index (χ0v) is 10.5. The molecule has 7 heteroatoms. The summed E-state index contributed by atoms with van der Waals surface area (Å²) in [6.45, 7) is 4.25. The summed E-state index contributed by atoms with van der Waals surface area (Å²) in [4.78, 5) is 10.5. The van der Waals surface area contributed by atoms with Gasteiger partial charge in [-0.3, -0.25) is 0 Å². The van der Waals surface area contributed by atoms with Gasteiger partial charge in [0.05, 0.1) is 0 Å². The van der Waals surface area contributed by atoms with Crippen molar-refractivity contribution in [3.63, 3.8) is 0 Å². The molecule has 1 aromatic heterocycles. The van der Waals surface area contributed by atoms with Crippen molar-refractivity contribution in [2.24, 2.45) is 5.92 Å². The highest BCUT2D eigenvalue weighted by Crippen LogP contribution is 2.13. The number of hydrogen-bond acceptors (Lipinski definition) is 4. The SMILES string of the molecule is CC(C)CCNS(=O)(=O)c1ccc(C(=O)O)o1. The Labute approximate surface area is 99.7 Å². The van der Waals surface area contributed by atoms with Crippen molar-refractivity contribution >= 4 is 16.0 Å². The number of furan rings is 1. The molecule has 1 heterocycles. The molecular weight excluding hydrogens is 246 g/mol. The van der Waals surface area contributed by atoms with Crippen LogP contribution < -0.4 is 4.72 Å². The molecule has 1 aromatic rings. The molecule has 0 saturated carbocycles. The lowest BCUT2D eigenvalue weighted by Crippen LogP contribution is -2.25. The Hall–Kier alpha value is -1.34. The highest BCUT2D eigenvalue weighted by Gasteiger charge is 2.20. The second-order valence-corrected chi connectivity index (χ2v) is 5.70. The van der Waals surface area contributed by atoms with Crippen LogP contribution in [0.3, 0.4) is 0 Å². The molecule has 0 amide bonds. The number of aromatic carboxylic acids is 1. The molecule has 1 rings (SSSR count). The van der Waals surface area contributed by atoms with Crippen molar-refractivity contribution in [3.05, 3.63) is 17.9 Å². The smallest absolute Gasteiger partial charge is 0.371 e. The van der Waals surface area contributed by atoms with Gasteiger partial charge in [0.15, 0.2) is 0 Å². The summed E-state index contributed by atoms with van der Waals surface area (Å²) in [7, 11) is -3.75. The van der Waals surface area contributed by atoms with E-state index in [9.17, 15) is 13.2 Å². The van der Waals surface area contributed by atoms with E-state index in [1.807, 2.05) is 13.8 Å². The molecule has 6 nitrogen and oxygen atoms in total. The largest absolute Gasteiger partial charge is 0.475 e. The van der Waals surface area contributed by atoms with E-state index in [0.29, 0.717) is 18.9 Å². The normalized spacial score (nSPS) is 11.9. The average Bonchev–Trinajstić information content (AvgIpc) is 2.65. The molecule has 17 heavy (non-hydrogen) atoms. The first-order valence-electron chi connectivity index (χ1n) is 5.15. The lowest BCUT2D eigenvalue weighted by atomic mass is 10.1. The molecule has 0 fully saturated rings. The summed E-state index contributed by atoms with van der Waals surface area (Å²) in [6, 6.07) is 2.24. The summed E-state index contributed by atoms with van der Waals surface area (Å²) in [5.41, 5.74) is 0. The number of carbonyl (C=O) groups is 1. The van der Waals surface area contributed by atoms with Gasteiger partial charge in [-0.2, -0.15) is 0 Å². The molecule has 0 unspecified atom stereocenters. The number of sulfonamides is 1. The molecule has 2 N–H and O–H groups in total. The van der Waals surface area contributed by atoms with Crippen LogP contribution in [0, 0.1) is 5.92 Å². The molecule has 0 aliphatic rings. The molecule has 96 valence electrons. The maximum absolute atomic E-state index is 11.7. The van der Waals surface area contributed by atoms with E-state index >= 15 is 0 Å². The number of hydrogen-bond donors (Lipinski definition) is 2. The molecule has 0 aliphatic carbocycles. The van der Waals surface area contributed by atoms with E-state index in [4.69, 9.17) is 9.52 Å². The zero-order valence-electron chi connectivity index (χ0n) is 9.63. The summed E-state index contributed by atoms with van der Waals surface area (Å²) in [5, 5.41) is 8.23. The van der Waals surface area contributed by atoms with Gasteiger partial charge in [0.1, 0.15) is 0 Å². The molecule has 0 radical (unpaired) electrons. The van der Waals surface area contributed by atoms with E-state index < -0.39 is 21.8 Å². The monoisotopic (exact) mass is 261 g/mol. The van der Waals surface area contributed by atoms with Crippen LogP contribution in [0.1, 0.15) is 30.8 Å². The van der Waals surface area contributed by atoms with Gasteiger partial charge in [0.25, 0.3) is 10.0 Å². The van der Waals surface area contributed by atoms with E-state index in [1.54, 1.807) is 0 Å². The molecule has 0 spiro atoms. The van der Waals surface area contributed by atoms with E-state index in [0.717, 1.165) is 12.1 Å². The summed E-state index contributed by atoms with van der Waals surface area (Å²) in [6.07, 6.45) is 0.700. The Morgan fingerprint density at radius 1 is 1.47 bits per heavy atom. The maximum Gasteiger partial charge on any atom is 0.371 e. The fourth-order valence-corrected chi connectivity index (χ4v) is 2.11. The third kappa shape index (κ3) is 3.86. The highest BCUT2D eigenvalue weighted by atomic mass is 32.2. The van der Waals surface area contributed by atoms with Crippen LogP contribution in [0.25, 0.3) is 0 Å². The molecule has 0 bridgehead atoms. The van der Waals surface area contributed by atoms with Crippen LogP contribution in [-0.2, 0) is 10.0 Å². The minimum absolute atomic E-state index is 0.295. The predicted octanol–water partition coefficient (Wildman–Crippen LogP) is 1.30. The van der Waals surface area contributed by atoms with Gasteiger partial charge in [-0.15, -0.1) is 0 Å². The number of rotatable bonds is 6. The van der Waals surface area contributed by atoms with E-state index in [2.05, 4.69) is 4.72 Å². The number of carboxylic acid groups (broad SMARTS) is 1. The minimum atomic E-state index is -3.75. The van der Waals surface area contributed by atoms with Gasteiger partial charge in [-0.1, -0.05) is 13.8 Å². The van der Waals surface area contributed by atoms with Crippen molar-refractivity contribution in [2.75, 3.05) is 6.54 Å². The second kappa shape index (κ2) is 5.33. The quantitative estimate of drug-likeness (QED) is 0.804. The first-order chi connectivity index (χ1) is 7.83. The standard InChI is InChI=1S/C10H15NO5S/c1-7(2)5-6-11-17(14,15)9-4-3-8(16-9)10(12)13/h3-4,7,11H,5-6H2,1-2H3,(H,12,13). The molecule has 0 saturated heterocycles. The first kappa shape index (κ1) is 13.7. The first-order valence-corrected chi connectivity index (χ1v) is 6.64. The minimum Gasteiger partial charge on any atom is -0.475 e. The van der Waals surface area contributed by atoms with Crippen LogP contribution >= 0.6 is 0 Å². The molecule has 0 aliphatic heterocycles. The Morgan fingerprint density at radius 3 is 2.59 bits per heavy atom. The van der Waals surface area contributed by atoms with E-state index in [-0.39, 0.29) is 5.09 Å². The van der Waals surface area contributed by atoms with Crippen molar-refractivity contribution in [1.82, 2.24) is 4.72 Å². The van der Waals surface area contributed by atoms with Gasteiger partial charge >= 0.3 is 5.97 Å². The van der Waals surface area contributed by atoms with Crippen molar-refractivity contribution in [2.45, 2.75) is 25.4 Å². The van der Waals surface area contributed by atoms with Crippen LogP contribution in [-0.4, -0.2) is 26.0 Å². The molecule has 0 aromatic carbocycles. The van der Waals surface area contributed by atoms with Crippen molar-refractivity contribution < 1.29 is 22.7 Å². The average molecular weight is 261 g/mol. The third-order valence-electron chi connectivity index (χ3n) is 2.07. The van der Waals surface area contributed by atoms with Crippen LogP contribution in [0.15, 0.2) is 21.6 Å². The Kier molecular flexibility index (Phi) is 4.30. The van der Waals surface area contributed by atoms with Crippen LogP contribution in [0.4, 0.5) is 0 Å². The van der Waals surface area contributed by atoms with E-state index in [1.165, 1.54) is 0 Å². The summed E-state index contributed by atoms with van der Waals surface area (Å²) < 4.78 is 30.4. The summed E-state index contributed by atoms with van der Waals surface area (Å²) in [5.74, 6) is -1.31. The zero-order chi connectivity index (χ0) is 13.1. The van der Waals surface area contributed by atoms with Crippen LogP contribution in [0.2, 0.25) is 0 Å². The molecular formula is C10H15NO5S. The fraction of sp³-hybridized carbons (Fsp3) is 0.500. The topological polar surface area (TPSA) is 96.6 Å². The Balaban J connectivity index is 2.72. The Bertz CT molecular complexity index is 489. The summed E-state index contributed by atoms with van der Waals surface area (Å²) >= 11 is 0. The van der Waals surface area contributed by atoms with Gasteiger partial charge in [0.2, 0.25) is 10.9 Å². The van der Waals surface area contributed by atoms with Crippen molar-refractivity contribution in [1.29, 1.82) is 0 Å². The lowest BCUT2D eigenvalue weighted by molar-refractivity contribution is 0.0656.